The molecule has 3 rings (SSSR count). The Morgan fingerprint density at radius 1 is 1.23 bits per heavy atom. The number of Topliss-reactive ketones (excluding diaryl/α,β-unsaturated/α-hetero) is 2. The molecule has 0 bridgehead atoms. The highest BCUT2D eigenvalue weighted by Gasteiger charge is 2.25. The van der Waals surface area contributed by atoms with Crippen LogP contribution in [0.2, 0.25) is 0 Å². The van der Waals surface area contributed by atoms with Crippen molar-refractivity contribution in [2.45, 2.75) is 38.1 Å². The number of hydrogen-bond acceptors (Lipinski definition) is 5. The van der Waals surface area contributed by atoms with E-state index in [-0.39, 0.29) is 16.8 Å². The maximum Gasteiger partial charge on any atom is 0.192 e. The summed E-state index contributed by atoms with van der Waals surface area (Å²) in [5, 5.41) is 0.316. The Kier molecular flexibility index (Phi) is 4.91. The minimum atomic E-state index is -0.353. The highest BCUT2D eigenvalue weighted by atomic mass is 32.2. The Balaban J connectivity index is 1.84. The fourth-order valence-electron chi connectivity index (χ4n) is 3.10. The first-order valence-electron chi connectivity index (χ1n) is 8.26. The van der Waals surface area contributed by atoms with Gasteiger partial charge in [-0.05, 0) is 45.4 Å². The number of rotatable bonds is 6. The minimum absolute atomic E-state index is 0.0400. The fraction of sp³-hybridized carbons (Fsp3) is 0.316. The quantitative estimate of drug-likeness (QED) is 0.503. The van der Waals surface area contributed by atoms with Crippen molar-refractivity contribution in [2.24, 2.45) is 0 Å². The molecule has 0 unspecified atom stereocenters. The number of carbonyl (C=O) groups excluding carboxylic acids is 2. The molecule has 0 aliphatic rings. The summed E-state index contributed by atoms with van der Waals surface area (Å²) in [7, 11) is 1.62. The number of hydrogen-bond donors (Lipinski definition) is 2. The topological polar surface area (TPSA) is 87.8 Å². The SMILES string of the molecule is COc1ccc2nc(S[C@@H](C)C(=O)c3[nH]c(C)c(C(C)=O)c3C)[nH]c2c1. The predicted octanol–water partition coefficient (Wildman–Crippen LogP) is 4.08. The van der Waals surface area contributed by atoms with Gasteiger partial charge >= 0.3 is 0 Å². The van der Waals surface area contributed by atoms with Crippen molar-refractivity contribution < 1.29 is 14.3 Å². The number of nitrogens with one attached hydrogen (secondary N) is 2. The zero-order valence-electron chi connectivity index (χ0n) is 15.4. The van der Waals surface area contributed by atoms with Gasteiger partial charge in [0.15, 0.2) is 16.7 Å². The molecule has 0 aliphatic carbocycles. The van der Waals surface area contributed by atoms with Gasteiger partial charge in [-0.25, -0.2) is 4.98 Å². The van der Waals surface area contributed by atoms with Gasteiger partial charge in [-0.2, -0.15) is 0 Å². The molecule has 0 spiro atoms. The molecule has 2 aromatic heterocycles. The van der Waals surface area contributed by atoms with Crippen LogP contribution in [-0.2, 0) is 0 Å². The third-order valence-electron chi connectivity index (χ3n) is 4.36. The number of carbonyl (C=O) groups is 2. The van der Waals surface area contributed by atoms with Crippen molar-refractivity contribution in [1.29, 1.82) is 0 Å². The van der Waals surface area contributed by atoms with E-state index in [1.165, 1.54) is 18.7 Å². The Morgan fingerprint density at radius 3 is 2.58 bits per heavy atom. The largest absolute Gasteiger partial charge is 0.497 e. The van der Waals surface area contributed by atoms with Crippen LogP contribution in [0.4, 0.5) is 0 Å². The standard InChI is InChI=1S/C19H21N3O3S/c1-9-16(11(3)23)10(2)20-17(9)18(24)12(4)26-19-21-14-7-6-13(25-5)8-15(14)22-19/h6-8,12,20H,1-5H3,(H,21,22)/t12-/m0/s1. The van der Waals surface area contributed by atoms with Crippen molar-refractivity contribution >= 4 is 34.4 Å². The third kappa shape index (κ3) is 3.26. The van der Waals surface area contributed by atoms with Gasteiger partial charge in [0, 0.05) is 17.3 Å². The van der Waals surface area contributed by atoms with Gasteiger partial charge < -0.3 is 14.7 Å². The van der Waals surface area contributed by atoms with Crippen molar-refractivity contribution in [3.63, 3.8) is 0 Å². The van der Waals surface area contributed by atoms with Gasteiger partial charge in [0.25, 0.3) is 0 Å². The molecule has 2 heterocycles. The maximum atomic E-state index is 12.8. The molecule has 7 heteroatoms. The third-order valence-corrected chi connectivity index (χ3v) is 5.35. The molecule has 2 N–H and O–H groups in total. The maximum absolute atomic E-state index is 12.8. The first-order chi connectivity index (χ1) is 12.3. The van der Waals surface area contributed by atoms with Crippen molar-refractivity contribution in [2.75, 3.05) is 7.11 Å². The lowest BCUT2D eigenvalue weighted by Crippen LogP contribution is -2.15. The number of ketones is 2. The summed E-state index contributed by atoms with van der Waals surface area (Å²) in [6, 6.07) is 5.59. The van der Waals surface area contributed by atoms with Crippen LogP contribution in [-0.4, -0.2) is 38.9 Å². The van der Waals surface area contributed by atoms with E-state index in [1.807, 2.05) is 32.0 Å². The van der Waals surface area contributed by atoms with E-state index in [4.69, 9.17) is 4.74 Å². The molecule has 0 saturated heterocycles. The molecule has 3 aromatic rings. The van der Waals surface area contributed by atoms with E-state index in [1.54, 1.807) is 14.0 Å². The van der Waals surface area contributed by atoms with Gasteiger partial charge in [0.1, 0.15) is 5.75 Å². The summed E-state index contributed by atoms with van der Waals surface area (Å²) in [5.41, 5.74) is 4.20. The first-order valence-corrected chi connectivity index (χ1v) is 9.14. The summed E-state index contributed by atoms with van der Waals surface area (Å²) in [6.07, 6.45) is 0. The van der Waals surface area contributed by atoms with Crippen LogP contribution in [0.5, 0.6) is 5.75 Å². The Labute approximate surface area is 155 Å². The molecular weight excluding hydrogens is 350 g/mol. The zero-order valence-corrected chi connectivity index (χ0v) is 16.2. The van der Waals surface area contributed by atoms with E-state index in [0.717, 1.165) is 22.5 Å². The number of methoxy groups -OCH3 is 1. The number of H-pyrrole nitrogens is 2. The number of fused-ring (bicyclic) bond motifs is 1. The normalized spacial score (nSPS) is 12.3. The monoisotopic (exact) mass is 371 g/mol. The van der Waals surface area contributed by atoms with E-state index < -0.39 is 0 Å². The van der Waals surface area contributed by atoms with Crippen LogP contribution in [0.15, 0.2) is 23.4 Å². The van der Waals surface area contributed by atoms with Gasteiger partial charge in [-0.1, -0.05) is 11.8 Å². The zero-order chi connectivity index (χ0) is 19.0. The van der Waals surface area contributed by atoms with Gasteiger partial charge in [0.2, 0.25) is 0 Å². The van der Waals surface area contributed by atoms with Gasteiger partial charge in [-0.3, -0.25) is 9.59 Å². The number of ether oxygens (including phenoxy) is 1. The van der Waals surface area contributed by atoms with Crippen LogP contribution in [0, 0.1) is 13.8 Å². The van der Waals surface area contributed by atoms with Crippen LogP contribution >= 0.6 is 11.8 Å². The molecule has 26 heavy (non-hydrogen) atoms. The molecule has 136 valence electrons. The van der Waals surface area contributed by atoms with E-state index in [9.17, 15) is 9.59 Å². The highest BCUT2D eigenvalue weighted by molar-refractivity contribution is 8.00. The lowest BCUT2D eigenvalue weighted by Gasteiger charge is -2.08. The van der Waals surface area contributed by atoms with Crippen LogP contribution in [0.1, 0.15) is 46.0 Å². The average Bonchev–Trinajstić information content (AvgIpc) is 3.12. The van der Waals surface area contributed by atoms with Crippen molar-refractivity contribution in [1.82, 2.24) is 15.0 Å². The number of aryl methyl sites for hydroxylation is 1. The lowest BCUT2D eigenvalue weighted by atomic mass is 10.0. The minimum Gasteiger partial charge on any atom is -0.497 e. The predicted molar refractivity (Wildman–Crippen MR) is 103 cm³/mol. The molecule has 1 atom stereocenters. The van der Waals surface area contributed by atoms with Crippen molar-refractivity contribution in [3.8, 4) is 5.75 Å². The number of aromatic amines is 2. The Bertz CT molecular complexity index is 1000. The van der Waals surface area contributed by atoms with Crippen LogP contribution in [0.25, 0.3) is 11.0 Å². The van der Waals surface area contributed by atoms with E-state index in [0.29, 0.717) is 22.0 Å². The summed E-state index contributed by atoms with van der Waals surface area (Å²) in [4.78, 5) is 35.4. The smallest absolute Gasteiger partial charge is 0.192 e. The lowest BCUT2D eigenvalue weighted by molar-refractivity contribution is 0.0988. The van der Waals surface area contributed by atoms with Crippen molar-refractivity contribution in [3.05, 3.63) is 40.7 Å². The highest BCUT2D eigenvalue weighted by Crippen LogP contribution is 2.29. The molecule has 0 saturated carbocycles. The second-order valence-electron chi connectivity index (χ2n) is 6.23. The number of imidazole rings is 1. The van der Waals surface area contributed by atoms with Crippen LogP contribution < -0.4 is 4.74 Å². The summed E-state index contributed by atoms with van der Waals surface area (Å²) < 4.78 is 5.21. The first kappa shape index (κ1) is 18.3. The Morgan fingerprint density at radius 2 is 1.96 bits per heavy atom. The van der Waals surface area contributed by atoms with Crippen LogP contribution in [0.3, 0.4) is 0 Å². The fourth-order valence-corrected chi connectivity index (χ4v) is 3.98. The second kappa shape index (κ2) is 6.99. The number of nitrogens with zero attached hydrogens (tertiary/aromatic N) is 1. The molecule has 0 radical (unpaired) electrons. The molecular formula is C19H21N3O3S. The van der Waals surface area contributed by atoms with Gasteiger partial charge in [-0.15, -0.1) is 0 Å². The second-order valence-corrected chi connectivity index (χ2v) is 7.56. The number of aromatic nitrogens is 3. The number of benzene rings is 1. The molecule has 0 aliphatic heterocycles. The average molecular weight is 371 g/mol. The Hall–Kier alpha value is -2.54. The number of thioether (sulfide) groups is 1. The van der Waals surface area contributed by atoms with Gasteiger partial charge in [0.05, 0.1) is 29.1 Å². The summed E-state index contributed by atoms with van der Waals surface area (Å²) in [5.74, 6) is 0.652. The van der Waals surface area contributed by atoms with E-state index in [2.05, 4.69) is 15.0 Å². The molecule has 0 amide bonds. The summed E-state index contributed by atoms with van der Waals surface area (Å²) >= 11 is 1.36. The molecule has 6 nitrogen and oxygen atoms in total. The molecule has 0 fully saturated rings. The summed E-state index contributed by atoms with van der Waals surface area (Å²) in [6.45, 7) is 6.96. The van der Waals surface area contributed by atoms with E-state index >= 15 is 0 Å². The molecule has 1 aromatic carbocycles.